The van der Waals surface area contributed by atoms with Gasteiger partial charge in [0.05, 0.1) is 25.0 Å². The van der Waals surface area contributed by atoms with E-state index in [-0.39, 0.29) is 53.7 Å². The van der Waals surface area contributed by atoms with Gasteiger partial charge in [-0.15, -0.1) is 0 Å². The average Bonchev–Trinajstić information content (AvgIpc) is 3.45. The fraction of sp³-hybridized carbons (Fsp3) is 0.273. The number of rotatable bonds is 9. The summed E-state index contributed by atoms with van der Waals surface area (Å²) in [7, 11) is 4.61. The second-order valence-corrected chi connectivity index (χ2v) is 10.6. The van der Waals surface area contributed by atoms with E-state index in [1.165, 1.54) is 35.1 Å². The number of para-hydroxylation sites is 1. The van der Waals surface area contributed by atoms with Gasteiger partial charge in [0, 0.05) is 49.6 Å². The van der Waals surface area contributed by atoms with Crippen LogP contribution in [0.4, 0.5) is 18.9 Å². The minimum Gasteiger partial charge on any atom is -0.497 e. The second kappa shape index (κ2) is 13.0. The molecule has 0 atom stereocenters. The maximum atomic E-state index is 14.3. The Morgan fingerprint density at radius 1 is 1.04 bits per heavy atom. The molecule has 46 heavy (non-hydrogen) atoms. The normalized spacial score (nSPS) is 12.8. The van der Waals surface area contributed by atoms with Crippen molar-refractivity contribution in [3.8, 4) is 17.2 Å². The minimum absolute atomic E-state index is 0.0368. The molecule has 10 nitrogen and oxygen atoms in total. The molecule has 5 rings (SSSR count). The van der Waals surface area contributed by atoms with Gasteiger partial charge in [0.1, 0.15) is 17.2 Å². The number of hydrogen-bond donors (Lipinski definition) is 1. The van der Waals surface area contributed by atoms with E-state index in [9.17, 15) is 27.6 Å². The van der Waals surface area contributed by atoms with Crippen molar-refractivity contribution in [2.24, 2.45) is 0 Å². The van der Waals surface area contributed by atoms with Crippen LogP contribution in [0.15, 0.2) is 66.7 Å². The van der Waals surface area contributed by atoms with E-state index < -0.39 is 23.7 Å². The fourth-order valence-electron chi connectivity index (χ4n) is 5.28. The fourth-order valence-corrected chi connectivity index (χ4v) is 5.28. The Bertz CT molecular complexity index is 1780. The molecule has 4 aromatic rings. The van der Waals surface area contributed by atoms with Crippen LogP contribution < -0.4 is 19.7 Å². The van der Waals surface area contributed by atoms with Crippen molar-refractivity contribution in [1.29, 1.82) is 0 Å². The topological polar surface area (TPSA) is 106 Å². The number of aromatic nitrogens is 2. The lowest BCUT2D eigenvalue weighted by atomic mass is 10.0. The standard InChI is InChI=1S/C33H32F3N5O5/c1-5-46-27-9-7-6-8-21(27)19-37-30(42)25-18-23(45-4)14-15-26(25)41-28-24(29(38-41)33(34,35)36)16-17-40(32(28)44)22-12-10-20(11-13-22)31(43)39(2)3/h6-15,18H,5,16-17,19H2,1-4H3,(H,37,42). The van der Waals surface area contributed by atoms with E-state index in [0.29, 0.717) is 29.2 Å². The number of hydrogen-bond acceptors (Lipinski definition) is 6. The van der Waals surface area contributed by atoms with E-state index in [0.717, 1.165) is 4.68 Å². The molecular weight excluding hydrogens is 603 g/mol. The average molecular weight is 636 g/mol. The molecule has 2 heterocycles. The van der Waals surface area contributed by atoms with Gasteiger partial charge in [0.2, 0.25) is 0 Å². The summed E-state index contributed by atoms with van der Waals surface area (Å²) in [4.78, 5) is 42.7. The molecule has 1 aromatic heterocycles. The third-order valence-corrected chi connectivity index (χ3v) is 7.51. The lowest BCUT2D eigenvalue weighted by Gasteiger charge is -2.28. The monoisotopic (exact) mass is 635 g/mol. The van der Waals surface area contributed by atoms with Crippen LogP contribution in [0.3, 0.4) is 0 Å². The quantitative estimate of drug-likeness (QED) is 0.273. The molecule has 0 spiro atoms. The van der Waals surface area contributed by atoms with Crippen LogP contribution in [0.1, 0.15) is 54.9 Å². The third-order valence-electron chi connectivity index (χ3n) is 7.51. The highest BCUT2D eigenvalue weighted by Gasteiger charge is 2.43. The number of benzene rings is 3. The van der Waals surface area contributed by atoms with Crippen molar-refractivity contribution in [1.82, 2.24) is 20.0 Å². The number of nitrogens with zero attached hydrogens (tertiary/aromatic N) is 4. The van der Waals surface area contributed by atoms with Crippen molar-refractivity contribution in [3.05, 3.63) is 100 Å². The van der Waals surface area contributed by atoms with E-state index in [4.69, 9.17) is 9.47 Å². The molecule has 0 radical (unpaired) electrons. The smallest absolute Gasteiger partial charge is 0.435 e. The number of carbonyl (C=O) groups excluding carboxylic acids is 3. The highest BCUT2D eigenvalue weighted by molar-refractivity contribution is 6.08. The Morgan fingerprint density at radius 2 is 1.76 bits per heavy atom. The molecule has 13 heteroatoms. The number of alkyl halides is 3. The van der Waals surface area contributed by atoms with E-state index in [1.54, 1.807) is 62.6 Å². The van der Waals surface area contributed by atoms with Gasteiger partial charge in [0.25, 0.3) is 17.7 Å². The number of fused-ring (bicyclic) bond motifs is 1. The van der Waals surface area contributed by atoms with Gasteiger partial charge in [-0.2, -0.15) is 18.3 Å². The summed E-state index contributed by atoms with van der Waals surface area (Å²) in [6.45, 7) is 2.27. The van der Waals surface area contributed by atoms with Gasteiger partial charge in [0.15, 0.2) is 5.69 Å². The van der Waals surface area contributed by atoms with Crippen molar-refractivity contribution in [2.45, 2.75) is 26.1 Å². The maximum absolute atomic E-state index is 14.3. The summed E-state index contributed by atoms with van der Waals surface area (Å²) < 4.78 is 54.7. The molecule has 1 aliphatic rings. The molecule has 0 bridgehead atoms. The van der Waals surface area contributed by atoms with Crippen LogP contribution in [-0.4, -0.2) is 66.8 Å². The molecule has 3 aromatic carbocycles. The highest BCUT2D eigenvalue weighted by Crippen LogP contribution is 2.38. The molecule has 3 amide bonds. The molecule has 0 fully saturated rings. The van der Waals surface area contributed by atoms with Gasteiger partial charge in [-0.1, -0.05) is 18.2 Å². The summed E-state index contributed by atoms with van der Waals surface area (Å²) in [6, 6.07) is 17.6. The van der Waals surface area contributed by atoms with Crippen molar-refractivity contribution < 1.29 is 37.0 Å². The van der Waals surface area contributed by atoms with E-state index >= 15 is 0 Å². The summed E-state index contributed by atoms with van der Waals surface area (Å²) >= 11 is 0. The summed E-state index contributed by atoms with van der Waals surface area (Å²) in [6.07, 6.45) is -5.00. The van der Waals surface area contributed by atoms with Crippen molar-refractivity contribution in [3.63, 3.8) is 0 Å². The Balaban J connectivity index is 1.56. The first-order chi connectivity index (χ1) is 21.9. The lowest BCUT2D eigenvalue weighted by Crippen LogP contribution is -2.39. The zero-order chi connectivity index (χ0) is 33.2. The Morgan fingerprint density at radius 3 is 2.41 bits per heavy atom. The van der Waals surface area contributed by atoms with Gasteiger partial charge in [-0.3, -0.25) is 14.4 Å². The number of nitrogens with one attached hydrogen (secondary N) is 1. The van der Waals surface area contributed by atoms with Gasteiger partial charge in [-0.05, 0) is 61.9 Å². The van der Waals surface area contributed by atoms with Crippen LogP contribution in [0, 0.1) is 0 Å². The van der Waals surface area contributed by atoms with Gasteiger partial charge >= 0.3 is 6.18 Å². The molecule has 1 N–H and O–H groups in total. The second-order valence-electron chi connectivity index (χ2n) is 10.6. The van der Waals surface area contributed by atoms with E-state index in [1.807, 2.05) is 6.92 Å². The van der Waals surface area contributed by atoms with Crippen LogP contribution in [0.2, 0.25) is 0 Å². The zero-order valence-electron chi connectivity index (χ0n) is 25.6. The minimum atomic E-state index is -4.86. The number of methoxy groups -OCH3 is 1. The maximum Gasteiger partial charge on any atom is 0.435 e. The third kappa shape index (κ3) is 6.25. The molecule has 0 unspecified atom stereocenters. The summed E-state index contributed by atoms with van der Waals surface area (Å²) in [5, 5.41) is 6.67. The number of amides is 3. The molecule has 0 saturated heterocycles. The molecule has 1 aliphatic heterocycles. The molecule has 0 aliphatic carbocycles. The van der Waals surface area contributed by atoms with Crippen molar-refractivity contribution in [2.75, 3.05) is 39.3 Å². The highest BCUT2D eigenvalue weighted by atomic mass is 19.4. The van der Waals surface area contributed by atoms with Crippen LogP contribution >= 0.6 is 0 Å². The zero-order valence-corrected chi connectivity index (χ0v) is 25.6. The van der Waals surface area contributed by atoms with Gasteiger partial charge in [-0.25, -0.2) is 4.68 Å². The largest absolute Gasteiger partial charge is 0.497 e. The Labute approximate surface area is 263 Å². The predicted molar refractivity (Wildman–Crippen MR) is 164 cm³/mol. The Kier molecular flexibility index (Phi) is 9.03. The molecular formula is C33H32F3N5O5. The molecule has 240 valence electrons. The van der Waals surface area contributed by atoms with Crippen LogP contribution in [0.5, 0.6) is 11.5 Å². The predicted octanol–water partition coefficient (Wildman–Crippen LogP) is 5.13. The Hall–Kier alpha value is -5.33. The van der Waals surface area contributed by atoms with Crippen LogP contribution in [-0.2, 0) is 19.1 Å². The lowest BCUT2D eigenvalue weighted by molar-refractivity contribution is -0.141. The number of anilines is 1. The molecule has 0 saturated carbocycles. The number of ether oxygens (including phenoxy) is 2. The van der Waals surface area contributed by atoms with E-state index in [2.05, 4.69) is 10.4 Å². The first-order valence-corrected chi connectivity index (χ1v) is 14.4. The van der Waals surface area contributed by atoms with Gasteiger partial charge < -0.3 is 24.6 Å². The van der Waals surface area contributed by atoms with Crippen molar-refractivity contribution >= 4 is 23.4 Å². The number of carbonyl (C=O) groups is 3. The first kappa shape index (κ1) is 32.1. The number of halogens is 3. The summed E-state index contributed by atoms with van der Waals surface area (Å²) in [5.41, 5.74) is -0.380. The van der Waals surface area contributed by atoms with Crippen LogP contribution in [0.25, 0.3) is 5.69 Å². The summed E-state index contributed by atoms with van der Waals surface area (Å²) in [5.74, 6) is -0.737. The first-order valence-electron chi connectivity index (χ1n) is 14.4. The SMILES string of the molecule is CCOc1ccccc1CNC(=O)c1cc(OC)ccc1-n1nc(C(F)(F)F)c2c1C(=O)N(c1ccc(C(=O)N(C)C)cc1)CC2.